The summed E-state index contributed by atoms with van der Waals surface area (Å²) < 4.78 is 6.93. The molecule has 1 aliphatic heterocycles. The first kappa shape index (κ1) is 25.2. The van der Waals surface area contributed by atoms with Gasteiger partial charge in [0.15, 0.2) is 0 Å². The molecule has 2 aromatic carbocycles. The van der Waals surface area contributed by atoms with E-state index in [2.05, 4.69) is 40.7 Å². The van der Waals surface area contributed by atoms with Crippen LogP contribution in [0.2, 0.25) is 0 Å². The number of hydrogen-bond acceptors (Lipinski definition) is 4. The van der Waals surface area contributed by atoms with Crippen LogP contribution >= 0.6 is 0 Å². The standard InChI is InChI=1S/C27H39N2O4/c1-20-12-14-29(15-13-20,17-22-7-9-23(10-8-22)28(31)32)18-24(30)19-33-26-11-6-21(2)16-25(26)27(3,4)5/h6-11,16,20,24,30H,12-15,17-19H2,1-5H3/q+1. The van der Waals surface area contributed by atoms with Gasteiger partial charge in [-0.05, 0) is 54.9 Å². The minimum atomic E-state index is -0.592. The summed E-state index contributed by atoms with van der Waals surface area (Å²) in [4.78, 5) is 10.6. The molecule has 3 rings (SSSR count). The van der Waals surface area contributed by atoms with Gasteiger partial charge in [-0.2, -0.15) is 0 Å². The Morgan fingerprint density at radius 3 is 2.36 bits per heavy atom. The topological polar surface area (TPSA) is 72.6 Å². The molecule has 0 saturated carbocycles. The summed E-state index contributed by atoms with van der Waals surface area (Å²) in [6.07, 6.45) is 1.64. The van der Waals surface area contributed by atoms with Gasteiger partial charge in [0.05, 0.1) is 18.0 Å². The first-order valence-corrected chi connectivity index (χ1v) is 12.0. The first-order valence-electron chi connectivity index (χ1n) is 12.0. The fourth-order valence-corrected chi connectivity index (χ4v) is 4.80. The molecule has 0 bridgehead atoms. The van der Waals surface area contributed by atoms with Crippen LogP contribution in [0.4, 0.5) is 5.69 Å². The maximum Gasteiger partial charge on any atom is 0.269 e. The van der Waals surface area contributed by atoms with Crippen LogP contribution in [0.15, 0.2) is 42.5 Å². The number of benzene rings is 2. The predicted molar refractivity (Wildman–Crippen MR) is 131 cm³/mol. The molecule has 6 heteroatoms. The molecule has 1 atom stereocenters. The molecule has 1 aliphatic rings. The maximum atomic E-state index is 11.0. The molecule has 0 spiro atoms. The number of piperidine rings is 1. The Bertz CT molecular complexity index is 942. The van der Waals surface area contributed by atoms with E-state index >= 15 is 0 Å². The number of hydrogen-bond donors (Lipinski definition) is 1. The Labute approximate surface area is 197 Å². The molecular formula is C27H39N2O4+. The number of nitro benzene ring substituents is 1. The fraction of sp³-hybridized carbons (Fsp3) is 0.556. The molecule has 0 radical (unpaired) electrons. The van der Waals surface area contributed by atoms with Gasteiger partial charge in [0.25, 0.3) is 5.69 Å². The Morgan fingerprint density at radius 2 is 1.79 bits per heavy atom. The van der Waals surface area contributed by atoms with E-state index < -0.39 is 6.10 Å². The molecule has 1 saturated heterocycles. The SMILES string of the molecule is Cc1ccc(OCC(O)C[N+]2(Cc3ccc([N+](=O)[O-])cc3)CCC(C)CC2)c(C(C)(C)C)c1. The lowest BCUT2D eigenvalue weighted by molar-refractivity contribution is -0.948. The van der Waals surface area contributed by atoms with Crippen molar-refractivity contribution in [3.63, 3.8) is 0 Å². The van der Waals surface area contributed by atoms with Crippen LogP contribution in [0.3, 0.4) is 0 Å². The fourth-order valence-electron chi connectivity index (χ4n) is 4.80. The monoisotopic (exact) mass is 455 g/mol. The number of quaternary nitrogens is 1. The largest absolute Gasteiger partial charge is 0.490 e. The summed E-state index contributed by atoms with van der Waals surface area (Å²) in [7, 11) is 0. The molecule has 1 fully saturated rings. The van der Waals surface area contributed by atoms with Crippen molar-refractivity contribution in [1.82, 2.24) is 0 Å². The summed E-state index contributed by atoms with van der Waals surface area (Å²) in [6.45, 7) is 14.5. The minimum absolute atomic E-state index is 0.0426. The predicted octanol–water partition coefficient (Wildman–Crippen LogP) is 5.39. The van der Waals surface area contributed by atoms with Crippen molar-refractivity contribution in [2.45, 2.75) is 65.5 Å². The lowest BCUT2D eigenvalue weighted by Crippen LogP contribution is -2.56. The lowest BCUT2D eigenvalue weighted by Gasteiger charge is -2.44. The van der Waals surface area contributed by atoms with Gasteiger partial charge >= 0.3 is 0 Å². The minimum Gasteiger partial charge on any atom is -0.490 e. The van der Waals surface area contributed by atoms with E-state index in [1.54, 1.807) is 12.1 Å². The van der Waals surface area contributed by atoms with E-state index in [9.17, 15) is 15.2 Å². The van der Waals surface area contributed by atoms with Crippen molar-refractivity contribution in [3.8, 4) is 5.75 Å². The van der Waals surface area contributed by atoms with Gasteiger partial charge in [0, 0.05) is 17.7 Å². The van der Waals surface area contributed by atoms with Crippen LogP contribution in [-0.4, -0.2) is 46.9 Å². The number of aliphatic hydroxyl groups is 1. The number of rotatable bonds is 8. The van der Waals surface area contributed by atoms with E-state index in [4.69, 9.17) is 4.74 Å². The molecular weight excluding hydrogens is 416 g/mol. The summed E-state index contributed by atoms with van der Waals surface area (Å²) >= 11 is 0. The smallest absolute Gasteiger partial charge is 0.269 e. The summed E-state index contributed by atoms with van der Waals surface area (Å²) in [6, 6.07) is 13.1. The van der Waals surface area contributed by atoms with Crippen LogP contribution in [0, 0.1) is 23.0 Å². The summed E-state index contributed by atoms with van der Waals surface area (Å²) in [5.41, 5.74) is 3.48. The molecule has 0 aromatic heterocycles. The molecule has 180 valence electrons. The van der Waals surface area contributed by atoms with Crippen molar-refractivity contribution in [3.05, 3.63) is 69.3 Å². The van der Waals surface area contributed by atoms with E-state index in [-0.39, 0.29) is 22.6 Å². The van der Waals surface area contributed by atoms with Crippen LogP contribution in [0.5, 0.6) is 5.75 Å². The average Bonchev–Trinajstić information content (AvgIpc) is 2.75. The van der Waals surface area contributed by atoms with E-state index in [1.807, 2.05) is 24.3 Å². The quantitative estimate of drug-likeness (QED) is 0.329. The van der Waals surface area contributed by atoms with Gasteiger partial charge in [-0.25, -0.2) is 0 Å². The molecule has 1 N–H and O–H groups in total. The Morgan fingerprint density at radius 1 is 1.15 bits per heavy atom. The Kier molecular flexibility index (Phi) is 7.80. The second-order valence-electron chi connectivity index (χ2n) is 11.0. The number of nitro groups is 1. The van der Waals surface area contributed by atoms with Crippen molar-refractivity contribution >= 4 is 5.69 Å². The molecule has 33 heavy (non-hydrogen) atoms. The van der Waals surface area contributed by atoms with Gasteiger partial charge in [-0.1, -0.05) is 45.4 Å². The van der Waals surface area contributed by atoms with Crippen LogP contribution < -0.4 is 4.74 Å². The number of ether oxygens (including phenoxy) is 1. The van der Waals surface area contributed by atoms with Crippen molar-refractivity contribution < 1.29 is 19.2 Å². The number of aryl methyl sites for hydroxylation is 1. The number of aliphatic hydroxyl groups excluding tert-OH is 1. The maximum absolute atomic E-state index is 11.0. The zero-order chi connectivity index (χ0) is 24.2. The molecule has 0 amide bonds. The van der Waals surface area contributed by atoms with Gasteiger partial charge in [0.1, 0.15) is 31.5 Å². The second kappa shape index (κ2) is 10.2. The first-order chi connectivity index (χ1) is 15.5. The zero-order valence-corrected chi connectivity index (χ0v) is 20.7. The van der Waals surface area contributed by atoms with Gasteiger partial charge < -0.3 is 14.3 Å². The van der Waals surface area contributed by atoms with E-state index in [0.29, 0.717) is 12.5 Å². The van der Waals surface area contributed by atoms with Gasteiger partial charge in [0.2, 0.25) is 0 Å². The zero-order valence-electron chi connectivity index (χ0n) is 20.7. The van der Waals surface area contributed by atoms with Crippen molar-refractivity contribution in [2.75, 3.05) is 26.2 Å². The summed E-state index contributed by atoms with van der Waals surface area (Å²) in [5, 5.41) is 22.0. The highest BCUT2D eigenvalue weighted by Gasteiger charge is 2.35. The highest BCUT2D eigenvalue weighted by Crippen LogP contribution is 2.33. The van der Waals surface area contributed by atoms with Gasteiger partial charge in [-0.3, -0.25) is 10.1 Å². The highest BCUT2D eigenvalue weighted by atomic mass is 16.6. The second-order valence-corrected chi connectivity index (χ2v) is 11.0. The van der Waals surface area contributed by atoms with Crippen molar-refractivity contribution in [2.24, 2.45) is 5.92 Å². The third kappa shape index (κ3) is 6.78. The average molecular weight is 456 g/mol. The lowest BCUT2D eigenvalue weighted by atomic mass is 9.85. The van der Waals surface area contributed by atoms with Crippen LogP contribution in [0.1, 0.15) is 57.2 Å². The van der Waals surface area contributed by atoms with Crippen molar-refractivity contribution in [1.29, 1.82) is 0 Å². The molecule has 1 unspecified atom stereocenters. The summed E-state index contributed by atoms with van der Waals surface area (Å²) in [5.74, 6) is 1.52. The highest BCUT2D eigenvalue weighted by molar-refractivity contribution is 5.41. The molecule has 0 aliphatic carbocycles. The normalized spacial score (nSPS) is 22.1. The van der Waals surface area contributed by atoms with E-state index in [1.165, 1.54) is 5.56 Å². The number of non-ortho nitro benzene ring substituents is 1. The van der Waals surface area contributed by atoms with Crippen LogP contribution in [-0.2, 0) is 12.0 Å². The Hall–Kier alpha value is -2.44. The van der Waals surface area contributed by atoms with E-state index in [0.717, 1.165) is 53.8 Å². The number of likely N-dealkylation sites (tertiary alicyclic amines) is 1. The molecule has 2 aromatic rings. The Balaban J connectivity index is 1.71. The van der Waals surface area contributed by atoms with Gasteiger partial charge in [-0.15, -0.1) is 0 Å². The number of nitrogens with zero attached hydrogens (tertiary/aromatic N) is 2. The van der Waals surface area contributed by atoms with Crippen LogP contribution in [0.25, 0.3) is 0 Å². The third-order valence-electron chi connectivity index (χ3n) is 6.83. The third-order valence-corrected chi connectivity index (χ3v) is 6.83. The molecule has 1 heterocycles. The molecule has 6 nitrogen and oxygen atoms in total.